The van der Waals surface area contributed by atoms with Crippen molar-refractivity contribution in [2.45, 2.75) is 6.92 Å². The minimum Gasteiger partial charge on any atom is -0.367 e. The highest BCUT2D eigenvalue weighted by atomic mass is 19.1. The number of nitrogens with zero attached hydrogens (tertiary/aromatic N) is 3. The van der Waals surface area contributed by atoms with Crippen LogP contribution in [0.25, 0.3) is 0 Å². The van der Waals surface area contributed by atoms with Crippen LogP contribution in [0.3, 0.4) is 0 Å². The van der Waals surface area contributed by atoms with Crippen molar-refractivity contribution >= 4 is 17.1 Å². The second-order valence-electron chi connectivity index (χ2n) is 6.27. The fourth-order valence-corrected chi connectivity index (χ4v) is 2.77. The molecule has 1 saturated heterocycles. The van der Waals surface area contributed by atoms with Gasteiger partial charge in [0.05, 0.1) is 17.1 Å². The smallest absolute Gasteiger partial charge is 0.147 e. The Bertz CT molecular complexity index is 751. The Kier molecular flexibility index (Phi) is 5.28. The number of hydrogen-bond acceptors (Lipinski definition) is 4. The average molecular weight is 344 g/mol. The molecule has 6 heteroatoms. The molecule has 0 amide bonds. The maximum atomic E-state index is 14.5. The lowest BCUT2D eigenvalue weighted by Crippen LogP contribution is -2.44. The van der Waals surface area contributed by atoms with Crippen molar-refractivity contribution in [1.82, 2.24) is 4.90 Å². The van der Waals surface area contributed by atoms with Gasteiger partial charge in [-0.15, -0.1) is 0 Å². The third-order valence-electron chi connectivity index (χ3n) is 4.41. The van der Waals surface area contributed by atoms with Gasteiger partial charge in [-0.1, -0.05) is 6.07 Å². The number of piperazine rings is 1. The van der Waals surface area contributed by atoms with E-state index >= 15 is 0 Å². The molecule has 1 heterocycles. The van der Waals surface area contributed by atoms with Gasteiger partial charge in [-0.2, -0.15) is 5.10 Å². The number of benzene rings is 2. The summed E-state index contributed by atoms with van der Waals surface area (Å²) in [5.74, 6) is -0.536. The zero-order valence-corrected chi connectivity index (χ0v) is 14.5. The molecule has 0 spiro atoms. The van der Waals surface area contributed by atoms with Crippen LogP contribution in [0.2, 0.25) is 0 Å². The van der Waals surface area contributed by atoms with Crippen molar-refractivity contribution in [2.24, 2.45) is 5.10 Å². The van der Waals surface area contributed by atoms with Crippen molar-refractivity contribution in [3.63, 3.8) is 0 Å². The number of halogens is 2. The van der Waals surface area contributed by atoms with E-state index in [4.69, 9.17) is 0 Å². The van der Waals surface area contributed by atoms with Gasteiger partial charge < -0.3 is 9.80 Å². The standard InChI is InChI=1S/C19H22F2N4/c1-14(22-23-17-6-4-16(20)5-7-17)15-3-8-19(18(21)13-15)25-11-9-24(2)10-12-25/h3-8,13,23H,9-12H2,1-2H3. The SMILES string of the molecule is CC(=NNc1ccc(F)cc1)c1ccc(N2CCN(C)CC2)c(F)c1. The number of anilines is 2. The normalized spacial score (nSPS) is 16.2. The molecule has 2 aromatic carbocycles. The lowest BCUT2D eigenvalue weighted by atomic mass is 10.1. The number of hydrogen-bond donors (Lipinski definition) is 1. The zero-order chi connectivity index (χ0) is 17.8. The van der Waals surface area contributed by atoms with E-state index in [1.165, 1.54) is 18.2 Å². The van der Waals surface area contributed by atoms with Gasteiger partial charge in [0.15, 0.2) is 0 Å². The highest BCUT2D eigenvalue weighted by Gasteiger charge is 2.17. The number of hydrazone groups is 1. The van der Waals surface area contributed by atoms with E-state index in [1.54, 1.807) is 19.1 Å². The largest absolute Gasteiger partial charge is 0.367 e. The molecular formula is C19H22F2N4. The summed E-state index contributed by atoms with van der Waals surface area (Å²) in [5, 5.41) is 4.24. The predicted molar refractivity (Wildman–Crippen MR) is 98.3 cm³/mol. The Hall–Kier alpha value is -2.47. The molecule has 2 aromatic rings. The molecule has 25 heavy (non-hydrogen) atoms. The highest BCUT2D eigenvalue weighted by molar-refractivity contribution is 5.99. The molecule has 0 bridgehead atoms. The first-order chi connectivity index (χ1) is 12.0. The third-order valence-corrected chi connectivity index (χ3v) is 4.41. The zero-order valence-electron chi connectivity index (χ0n) is 14.5. The van der Waals surface area contributed by atoms with E-state index in [9.17, 15) is 8.78 Å². The summed E-state index contributed by atoms with van der Waals surface area (Å²) in [6, 6.07) is 11.1. The quantitative estimate of drug-likeness (QED) is 0.680. The highest BCUT2D eigenvalue weighted by Crippen LogP contribution is 2.22. The lowest BCUT2D eigenvalue weighted by molar-refractivity contribution is 0.311. The summed E-state index contributed by atoms with van der Waals surface area (Å²) in [7, 11) is 2.07. The minimum atomic E-state index is -0.298. The first-order valence-corrected chi connectivity index (χ1v) is 8.32. The fourth-order valence-electron chi connectivity index (χ4n) is 2.77. The molecule has 1 aliphatic heterocycles. The van der Waals surface area contributed by atoms with Crippen molar-refractivity contribution in [1.29, 1.82) is 0 Å². The van der Waals surface area contributed by atoms with Gasteiger partial charge in [-0.3, -0.25) is 5.43 Å². The molecule has 0 saturated carbocycles. The Morgan fingerprint density at radius 1 is 1.00 bits per heavy atom. The van der Waals surface area contributed by atoms with Crippen LogP contribution in [0.1, 0.15) is 12.5 Å². The van der Waals surface area contributed by atoms with E-state index in [0.29, 0.717) is 22.6 Å². The third kappa shape index (κ3) is 4.33. The molecule has 0 aliphatic carbocycles. The van der Waals surface area contributed by atoms with E-state index in [0.717, 1.165) is 26.2 Å². The van der Waals surface area contributed by atoms with E-state index in [1.807, 2.05) is 12.1 Å². The van der Waals surface area contributed by atoms with Crippen LogP contribution >= 0.6 is 0 Å². The Morgan fingerprint density at radius 2 is 1.68 bits per heavy atom. The number of rotatable bonds is 4. The predicted octanol–water partition coefficient (Wildman–Crippen LogP) is 3.55. The second-order valence-corrected chi connectivity index (χ2v) is 6.27. The van der Waals surface area contributed by atoms with Crippen molar-refractivity contribution in [3.8, 4) is 0 Å². The van der Waals surface area contributed by atoms with Crippen LogP contribution < -0.4 is 10.3 Å². The molecule has 0 unspecified atom stereocenters. The van der Waals surface area contributed by atoms with Gasteiger partial charge in [-0.05, 0) is 50.4 Å². The van der Waals surface area contributed by atoms with Crippen molar-refractivity contribution in [3.05, 3.63) is 59.7 Å². The molecular weight excluding hydrogens is 322 g/mol. The summed E-state index contributed by atoms with van der Waals surface area (Å²) in [5.41, 5.74) is 5.54. The molecule has 4 nitrogen and oxygen atoms in total. The molecule has 1 N–H and O–H groups in total. The van der Waals surface area contributed by atoms with E-state index in [-0.39, 0.29) is 11.6 Å². The van der Waals surface area contributed by atoms with Crippen LogP contribution in [0.15, 0.2) is 47.6 Å². The van der Waals surface area contributed by atoms with Gasteiger partial charge >= 0.3 is 0 Å². The molecule has 0 radical (unpaired) electrons. The molecule has 1 aliphatic rings. The van der Waals surface area contributed by atoms with Crippen LogP contribution in [0.5, 0.6) is 0 Å². The molecule has 1 fully saturated rings. The van der Waals surface area contributed by atoms with E-state index in [2.05, 4.69) is 27.4 Å². The molecule has 0 atom stereocenters. The van der Waals surface area contributed by atoms with Crippen LogP contribution in [0.4, 0.5) is 20.2 Å². The first kappa shape index (κ1) is 17.4. The van der Waals surface area contributed by atoms with Crippen LogP contribution in [0, 0.1) is 11.6 Å². The minimum absolute atomic E-state index is 0.238. The number of likely N-dealkylation sites (N-methyl/N-ethyl adjacent to an activating group) is 1. The van der Waals surface area contributed by atoms with Gasteiger partial charge in [0.1, 0.15) is 11.6 Å². The van der Waals surface area contributed by atoms with Gasteiger partial charge in [0, 0.05) is 31.7 Å². The van der Waals surface area contributed by atoms with Gasteiger partial charge in [-0.25, -0.2) is 8.78 Å². The van der Waals surface area contributed by atoms with E-state index < -0.39 is 0 Å². The second kappa shape index (κ2) is 7.61. The van der Waals surface area contributed by atoms with Crippen LogP contribution in [-0.2, 0) is 0 Å². The summed E-state index contributed by atoms with van der Waals surface area (Å²) < 4.78 is 27.4. The average Bonchev–Trinajstić information content (AvgIpc) is 2.62. The Labute approximate surface area is 146 Å². The molecule has 132 valence electrons. The van der Waals surface area contributed by atoms with Gasteiger partial charge in [0.25, 0.3) is 0 Å². The number of nitrogens with one attached hydrogen (secondary N) is 1. The molecule has 3 rings (SSSR count). The van der Waals surface area contributed by atoms with Crippen molar-refractivity contribution in [2.75, 3.05) is 43.6 Å². The maximum Gasteiger partial charge on any atom is 0.147 e. The Balaban J connectivity index is 1.70. The summed E-state index contributed by atoms with van der Waals surface area (Å²) >= 11 is 0. The Morgan fingerprint density at radius 3 is 2.32 bits per heavy atom. The summed E-state index contributed by atoms with van der Waals surface area (Å²) in [6.07, 6.45) is 0. The first-order valence-electron chi connectivity index (χ1n) is 8.32. The summed E-state index contributed by atoms with van der Waals surface area (Å²) in [4.78, 5) is 4.31. The maximum absolute atomic E-state index is 14.5. The van der Waals surface area contributed by atoms with Crippen molar-refractivity contribution < 1.29 is 8.78 Å². The topological polar surface area (TPSA) is 30.9 Å². The lowest BCUT2D eigenvalue weighted by Gasteiger charge is -2.34. The fraction of sp³-hybridized carbons (Fsp3) is 0.316. The van der Waals surface area contributed by atoms with Gasteiger partial charge in [0.2, 0.25) is 0 Å². The van der Waals surface area contributed by atoms with Crippen LogP contribution in [-0.4, -0.2) is 43.8 Å². The molecule has 0 aromatic heterocycles. The monoisotopic (exact) mass is 344 g/mol. The summed E-state index contributed by atoms with van der Waals surface area (Å²) in [6.45, 7) is 5.32.